The first-order valence-corrected chi connectivity index (χ1v) is 4.29. The summed E-state index contributed by atoms with van der Waals surface area (Å²) in [5.74, 6) is 0. The predicted octanol–water partition coefficient (Wildman–Crippen LogP) is 0.529. The van der Waals surface area contributed by atoms with Crippen molar-refractivity contribution in [1.29, 1.82) is 0 Å². The van der Waals surface area contributed by atoms with Gasteiger partial charge in [-0.2, -0.15) is 0 Å². The summed E-state index contributed by atoms with van der Waals surface area (Å²) < 4.78 is 10.6. The van der Waals surface area contributed by atoms with E-state index >= 15 is 0 Å². The van der Waals surface area contributed by atoms with Crippen LogP contribution >= 0.6 is 0 Å². The Morgan fingerprint density at radius 1 is 1.73 bits per heavy atom. The fourth-order valence-electron chi connectivity index (χ4n) is 1.30. The summed E-state index contributed by atoms with van der Waals surface area (Å²) in [7, 11) is 0. The lowest BCUT2D eigenvalue weighted by atomic mass is 10.1. The first kappa shape index (κ1) is 8.97. The van der Waals surface area contributed by atoms with Crippen molar-refractivity contribution in [1.82, 2.24) is 0 Å². The molecule has 0 bridgehead atoms. The van der Waals surface area contributed by atoms with E-state index in [0.717, 1.165) is 26.1 Å². The van der Waals surface area contributed by atoms with Crippen molar-refractivity contribution in [3.05, 3.63) is 0 Å². The maximum Gasteiger partial charge on any atom is 0.0749 e. The van der Waals surface area contributed by atoms with Crippen LogP contribution < -0.4 is 5.73 Å². The summed E-state index contributed by atoms with van der Waals surface area (Å²) in [6.45, 7) is 4.20. The Bertz CT molecular complexity index is 102. The standard InChI is InChI=1S/C8H17NO2/c1-2-10-6-7(9)8-4-3-5-11-8/h7-8H,2-6,9H2,1H3. The molecule has 11 heavy (non-hydrogen) atoms. The Labute approximate surface area is 67.9 Å². The van der Waals surface area contributed by atoms with Gasteiger partial charge >= 0.3 is 0 Å². The summed E-state index contributed by atoms with van der Waals surface area (Å²) in [4.78, 5) is 0. The molecule has 0 saturated carbocycles. The van der Waals surface area contributed by atoms with Crippen LogP contribution in [0.15, 0.2) is 0 Å². The van der Waals surface area contributed by atoms with Crippen LogP contribution in [0.3, 0.4) is 0 Å². The zero-order valence-corrected chi connectivity index (χ0v) is 7.08. The molecule has 0 aromatic rings. The minimum Gasteiger partial charge on any atom is -0.380 e. The lowest BCUT2D eigenvalue weighted by Gasteiger charge is -2.17. The molecule has 1 heterocycles. The summed E-state index contributed by atoms with van der Waals surface area (Å²) in [6, 6.07) is 0.0671. The molecule has 1 aliphatic heterocycles. The Balaban J connectivity index is 2.12. The zero-order valence-electron chi connectivity index (χ0n) is 7.08. The number of rotatable bonds is 4. The molecule has 0 aromatic carbocycles. The molecule has 3 nitrogen and oxygen atoms in total. The minimum atomic E-state index is 0.0671. The lowest BCUT2D eigenvalue weighted by Crippen LogP contribution is -2.38. The highest BCUT2D eigenvalue weighted by atomic mass is 16.5. The molecule has 0 aliphatic carbocycles. The third-order valence-electron chi connectivity index (χ3n) is 1.96. The molecular formula is C8H17NO2. The maximum atomic E-state index is 5.82. The summed E-state index contributed by atoms with van der Waals surface area (Å²) in [5.41, 5.74) is 5.82. The maximum absolute atomic E-state index is 5.82. The van der Waals surface area contributed by atoms with Crippen molar-refractivity contribution in [2.75, 3.05) is 19.8 Å². The van der Waals surface area contributed by atoms with Crippen molar-refractivity contribution >= 4 is 0 Å². The lowest BCUT2D eigenvalue weighted by molar-refractivity contribution is 0.0456. The second-order valence-corrected chi connectivity index (χ2v) is 2.87. The molecule has 1 aliphatic rings. The molecule has 2 unspecified atom stereocenters. The molecule has 2 atom stereocenters. The second-order valence-electron chi connectivity index (χ2n) is 2.87. The number of hydrogen-bond donors (Lipinski definition) is 1. The largest absolute Gasteiger partial charge is 0.380 e. The molecule has 0 radical (unpaired) electrons. The van der Waals surface area contributed by atoms with Gasteiger partial charge in [0.05, 0.1) is 18.8 Å². The Kier molecular flexibility index (Phi) is 3.83. The van der Waals surface area contributed by atoms with Crippen LogP contribution in [0.2, 0.25) is 0 Å². The topological polar surface area (TPSA) is 44.5 Å². The fourth-order valence-corrected chi connectivity index (χ4v) is 1.30. The van der Waals surface area contributed by atoms with Crippen LogP contribution in [-0.2, 0) is 9.47 Å². The van der Waals surface area contributed by atoms with Gasteiger partial charge in [-0.15, -0.1) is 0 Å². The summed E-state index contributed by atoms with van der Waals surface area (Å²) in [6.07, 6.45) is 2.47. The first-order chi connectivity index (χ1) is 5.34. The average molecular weight is 159 g/mol. The van der Waals surface area contributed by atoms with Gasteiger partial charge in [0.2, 0.25) is 0 Å². The summed E-state index contributed by atoms with van der Waals surface area (Å²) in [5, 5.41) is 0. The van der Waals surface area contributed by atoms with Crippen LogP contribution in [0.4, 0.5) is 0 Å². The van der Waals surface area contributed by atoms with Gasteiger partial charge in [0.25, 0.3) is 0 Å². The molecule has 66 valence electrons. The normalized spacial score (nSPS) is 27.3. The van der Waals surface area contributed by atoms with Crippen LogP contribution in [0, 0.1) is 0 Å². The quantitative estimate of drug-likeness (QED) is 0.650. The molecule has 0 spiro atoms. The van der Waals surface area contributed by atoms with Crippen molar-refractivity contribution in [2.45, 2.75) is 31.9 Å². The van der Waals surface area contributed by atoms with E-state index in [9.17, 15) is 0 Å². The highest BCUT2D eigenvalue weighted by Crippen LogP contribution is 2.14. The Hall–Kier alpha value is -0.120. The first-order valence-electron chi connectivity index (χ1n) is 4.29. The third-order valence-corrected chi connectivity index (χ3v) is 1.96. The Morgan fingerprint density at radius 3 is 3.09 bits per heavy atom. The number of hydrogen-bond acceptors (Lipinski definition) is 3. The monoisotopic (exact) mass is 159 g/mol. The van der Waals surface area contributed by atoms with E-state index in [-0.39, 0.29) is 12.1 Å². The predicted molar refractivity (Wildman–Crippen MR) is 43.4 cm³/mol. The van der Waals surface area contributed by atoms with E-state index in [2.05, 4.69) is 0 Å². The van der Waals surface area contributed by atoms with Crippen molar-refractivity contribution in [3.8, 4) is 0 Å². The zero-order chi connectivity index (χ0) is 8.10. The molecule has 1 fully saturated rings. The number of nitrogens with two attached hydrogens (primary N) is 1. The third kappa shape index (κ3) is 2.77. The van der Waals surface area contributed by atoms with Crippen LogP contribution in [0.5, 0.6) is 0 Å². The smallest absolute Gasteiger partial charge is 0.0749 e. The van der Waals surface area contributed by atoms with Gasteiger partial charge in [-0.05, 0) is 19.8 Å². The van der Waals surface area contributed by atoms with E-state index in [1.165, 1.54) is 0 Å². The molecule has 0 amide bonds. The van der Waals surface area contributed by atoms with Gasteiger partial charge < -0.3 is 15.2 Å². The average Bonchev–Trinajstić information content (AvgIpc) is 2.52. The van der Waals surface area contributed by atoms with Gasteiger partial charge in [-0.25, -0.2) is 0 Å². The highest BCUT2D eigenvalue weighted by Gasteiger charge is 2.22. The molecule has 2 N–H and O–H groups in total. The number of ether oxygens (including phenoxy) is 2. The van der Waals surface area contributed by atoms with Gasteiger partial charge in [0, 0.05) is 13.2 Å². The second kappa shape index (κ2) is 4.70. The SMILES string of the molecule is CCOCC(N)C1CCCO1. The van der Waals surface area contributed by atoms with Crippen LogP contribution in [0.1, 0.15) is 19.8 Å². The minimum absolute atomic E-state index is 0.0671. The van der Waals surface area contributed by atoms with Crippen LogP contribution in [-0.4, -0.2) is 32.0 Å². The molecule has 3 heteroatoms. The van der Waals surface area contributed by atoms with E-state index in [1.807, 2.05) is 6.92 Å². The van der Waals surface area contributed by atoms with E-state index in [4.69, 9.17) is 15.2 Å². The molecule has 0 aromatic heterocycles. The van der Waals surface area contributed by atoms with Crippen molar-refractivity contribution in [2.24, 2.45) is 5.73 Å². The fraction of sp³-hybridized carbons (Fsp3) is 1.00. The summed E-state index contributed by atoms with van der Waals surface area (Å²) >= 11 is 0. The van der Waals surface area contributed by atoms with Crippen LogP contribution in [0.25, 0.3) is 0 Å². The van der Waals surface area contributed by atoms with Crippen molar-refractivity contribution in [3.63, 3.8) is 0 Å². The molecular weight excluding hydrogens is 142 g/mol. The van der Waals surface area contributed by atoms with E-state index < -0.39 is 0 Å². The molecule has 1 rings (SSSR count). The van der Waals surface area contributed by atoms with E-state index in [1.54, 1.807) is 0 Å². The van der Waals surface area contributed by atoms with Gasteiger partial charge in [-0.3, -0.25) is 0 Å². The van der Waals surface area contributed by atoms with E-state index in [0.29, 0.717) is 6.61 Å². The van der Waals surface area contributed by atoms with Gasteiger partial charge in [0.1, 0.15) is 0 Å². The Morgan fingerprint density at radius 2 is 2.55 bits per heavy atom. The highest BCUT2D eigenvalue weighted by molar-refractivity contribution is 4.76. The van der Waals surface area contributed by atoms with Gasteiger partial charge in [-0.1, -0.05) is 0 Å². The van der Waals surface area contributed by atoms with Crippen molar-refractivity contribution < 1.29 is 9.47 Å². The van der Waals surface area contributed by atoms with Gasteiger partial charge in [0.15, 0.2) is 0 Å². The molecule has 1 saturated heterocycles.